The Balaban J connectivity index is 1.71. The number of pyridine rings is 1. The molecule has 2 aromatic heterocycles. The third kappa shape index (κ3) is 4.39. The lowest BCUT2D eigenvalue weighted by molar-refractivity contribution is 0.102. The summed E-state index contributed by atoms with van der Waals surface area (Å²) in [5.74, 6) is -1.04. The molecule has 0 saturated carbocycles. The molecule has 0 saturated heterocycles. The lowest BCUT2D eigenvalue weighted by atomic mass is 10.1. The van der Waals surface area contributed by atoms with E-state index in [4.69, 9.17) is 16.0 Å². The molecule has 35 heavy (non-hydrogen) atoms. The summed E-state index contributed by atoms with van der Waals surface area (Å²) in [6, 6.07) is 18.9. The van der Waals surface area contributed by atoms with Gasteiger partial charge in [-0.2, -0.15) is 0 Å². The van der Waals surface area contributed by atoms with Gasteiger partial charge in [0.1, 0.15) is 11.4 Å². The van der Waals surface area contributed by atoms with Crippen molar-refractivity contribution in [3.63, 3.8) is 0 Å². The van der Waals surface area contributed by atoms with E-state index < -0.39 is 11.7 Å². The summed E-state index contributed by atoms with van der Waals surface area (Å²) in [4.78, 5) is 22.2. The molecule has 0 atom stereocenters. The Morgan fingerprint density at radius 1 is 1.11 bits per heavy atom. The summed E-state index contributed by atoms with van der Waals surface area (Å²) in [5, 5.41) is 15.0. The summed E-state index contributed by atoms with van der Waals surface area (Å²) in [6.45, 7) is 1.47. The van der Waals surface area contributed by atoms with E-state index in [2.05, 4.69) is 15.3 Å². The monoisotopic (exact) mass is 487 g/mol. The number of aromatic nitrogens is 1. The van der Waals surface area contributed by atoms with Gasteiger partial charge in [-0.1, -0.05) is 48.0 Å². The maximum absolute atomic E-state index is 13.7. The molecule has 8 heteroatoms. The molecule has 0 spiro atoms. The van der Waals surface area contributed by atoms with E-state index in [1.54, 1.807) is 13.0 Å². The Kier molecular flexibility index (Phi) is 6.03. The van der Waals surface area contributed by atoms with E-state index in [0.717, 1.165) is 10.8 Å². The number of aliphatic hydroxyl groups excluding tert-OH is 1. The summed E-state index contributed by atoms with van der Waals surface area (Å²) >= 11 is 5.92. The van der Waals surface area contributed by atoms with Gasteiger partial charge in [-0.15, -0.1) is 0 Å². The first-order chi connectivity index (χ1) is 16.9. The first-order valence-electron chi connectivity index (χ1n) is 10.8. The minimum Gasteiger partial charge on any atom is -0.436 e. The Labute approximate surface area is 204 Å². The van der Waals surface area contributed by atoms with Crippen molar-refractivity contribution in [2.75, 3.05) is 5.32 Å². The molecule has 0 unspecified atom stereocenters. The summed E-state index contributed by atoms with van der Waals surface area (Å²) in [5.41, 5.74) is 2.51. The molecule has 2 heterocycles. The van der Waals surface area contributed by atoms with Crippen LogP contribution in [0.5, 0.6) is 0 Å². The zero-order valence-electron chi connectivity index (χ0n) is 18.5. The average Bonchev–Trinajstić information content (AvgIpc) is 2.86. The van der Waals surface area contributed by atoms with E-state index >= 15 is 0 Å². The van der Waals surface area contributed by atoms with Crippen LogP contribution in [0.2, 0.25) is 5.02 Å². The van der Waals surface area contributed by atoms with Crippen LogP contribution < -0.4 is 10.9 Å². The van der Waals surface area contributed by atoms with Gasteiger partial charge in [0.05, 0.1) is 23.0 Å². The molecule has 6 nitrogen and oxygen atoms in total. The van der Waals surface area contributed by atoms with Crippen LogP contribution in [0.3, 0.4) is 0 Å². The minimum absolute atomic E-state index is 0.00194. The smallest absolute Gasteiger partial charge is 0.261 e. The molecule has 0 radical (unpaired) electrons. The van der Waals surface area contributed by atoms with Crippen LogP contribution in [0.4, 0.5) is 15.8 Å². The van der Waals surface area contributed by atoms with Crippen molar-refractivity contribution in [1.29, 1.82) is 0 Å². The molecule has 5 aromatic rings. The highest BCUT2D eigenvalue weighted by Gasteiger charge is 2.17. The number of aliphatic hydroxyl groups is 1. The van der Waals surface area contributed by atoms with Crippen LogP contribution in [0.25, 0.3) is 21.7 Å². The Hall–Kier alpha value is -4.07. The molecule has 0 bridgehead atoms. The van der Waals surface area contributed by atoms with Gasteiger partial charge in [0.25, 0.3) is 5.91 Å². The third-order valence-corrected chi connectivity index (χ3v) is 5.93. The normalized spacial score (nSPS) is 11.8. The van der Waals surface area contributed by atoms with Crippen LogP contribution in [-0.2, 0) is 6.61 Å². The number of hydrogen-bond donors (Lipinski definition) is 2. The number of nitrogens with one attached hydrogen (secondary N) is 1. The number of rotatable bonds is 4. The highest BCUT2D eigenvalue weighted by atomic mass is 35.5. The van der Waals surface area contributed by atoms with Crippen LogP contribution in [-0.4, -0.2) is 16.0 Å². The van der Waals surface area contributed by atoms with E-state index in [1.807, 2.05) is 42.5 Å². The largest absolute Gasteiger partial charge is 0.436 e. The van der Waals surface area contributed by atoms with Crippen molar-refractivity contribution in [1.82, 2.24) is 4.98 Å². The van der Waals surface area contributed by atoms with Gasteiger partial charge in [-0.05, 0) is 42.6 Å². The second-order valence-electron chi connectivity index (χ2n) is 7.93. The van der Waals surface area contributed by atoms with Crippen LogP contribution in [0, 0.1) is 12.7 Å². The van der Waals surface area contributed by atoms with Crippen LogP contribution >= 0.6 is 11.6 Å². The van der Waals surface area contributed by atoms with Crippen molar-refractivity contribution in [3.8, 4) is 0 Å². The van der Waals surface area contributed by atoms with Crippen LogP contribution in [0.1, 0.15) is 21.6 Å². The molecule has 3 aromatic carbocycles. The van der Waals surface area contributed by atoms with Gasteiger partial charge in [0, 0.05) is 28.2 Å². The number of nitrogens with zero attached hydrogens (tertiary/aromatic N) is 2. The highest BCUT2D eigenvalue weighted by molar-refractivity contribution is 6.31. The number of halogens is 2. The fraction of sp³-hybridized carbons (Fsp3) is 0.0741. The lowest BCUT2D eigenvalue weighted by Crippen LogP contribution is -2.22. The Morgan fingerprint density at radius 2 is 1.91 bits per heavy atom. The Bertz CT molecular complexity index is 1680. The van der Waals surface area contributed by atoms with Gasteiger partial charge in [-0.3, -0.25) is 9.78 Å². The first kappa shape index (κ1) is 22.7. The fourth-order valence-corrected chi connectivity index (χ4v) is 4.03. The quantitative estimate of drug-likeness (QED) is 0.322. The highest BCUT2D eigenvalue weighted by Crippen LogP contribution is 2.26. The molecule has 1 amide bonds. The van der Waals surface area contributed by atoms with Crippen molar-refractivity contribution in [2.24, 2.45) is 4.99 Å². The van der Waals surface area contributed by atoms with Gasteiger partial charge < -0.3 is 14.8 Å². The van der Waals surface area contributed by atoms with E-state index in [1.165, 1.54) is 24.4 Å². The second kappa shape index (κ2) is 9.29. The van der Waals surface area contributed by atoms with E-state index in [0.29, 0.717) is 33.6 Å². The molecule has 5 rings (SSSR count). The summed E-state index contributed by atoms with van der Waals surface area (Å²) in [6.07, 6.45) is 1.54. The molecular formula is C27H19ClFN3O3. The zero-order valence-corrected chi connectivity index (χ0v) is 19.3. The number of hydrogen-bond acceptors (Lipinski definition) is 5. The molecule has 0 aliphatic heterocycles. The zero-order chi connectivity index (χ0) is 24.5. The fourth-order valence-electron chi connectivity index (χ4n) is 3.86. The topological polar surface area (TPSA) is 87.7 Å². The third-order valence-electron chi connectivity index (χ3n) is 5.64. The van der Waals surface area contributed by atoms with Crippen molar-refractivity contribution in [3.05, 3.63) is 106 Å². The number of benzene rings is 3. The molecule has 0 aliphatic carbocycles. The number of fused-ring (bicyclic) bond motifs is 2. The maximum Gasteiger partial charge on any atom is 0.261 e. The molecule has 0 aliphatic rings. The molecule has 174 valence electrons. The van der Waals surface area contributed by atoms with Gasteiger partial charge in [-0.25, -0.2) is 9.38 Å². The van der Waals surface area contributed by atoms with Crippen molar-refractivity contribution in [2.45, 2.75) is 13.5 Å². The Morgan fingerprint density at radius 3 is 2.71 bits per heavy atom. The number of anilines is 1. The van der Waals surface area contributed by atoms with Crippen molar-refractivity contribution >= 4 is 50.6 Å². The van der Waals surface area contributed by atoms with E-state index in [-0.39, 0.29) is 22.7 Å². The number of carbonyl (C=O) groups is 1. The van der Waals surface area contributed by atoms with Gasteiger partial charge in [0.2, 0.25) is 5.55 Å². The molecular weight excluding hydrogens is 469 g/mol. The van der Waals surface area contributed by atoms with Gasteiger partial charge >= 0.3 is 0 Å². The maximum atomic E-state index is 13.7. The standard InChI is InChI=1S/C27H19ClFN3O3/c1-15-25-20(17(14-33)13-30-15)12-21(27(35-25)31-18-9-10-23(29)22(28)11-18)26(34)32-24-8-4-6-16-5-2-3-7-19(16)24/h2-13,33H,14H2,1H3,(H,32,34). The first-order valence-corrected chi connectivity index (χ1v) is 11.1. The average molecular weight is 488 g/mol. The molecule has 0 fully saturated rings. The number of aryl methyl sites for hydroxylation is 1. The van der Waals surface area contributed by atoms with Crippen LogP contribution in [0.15, 0.2) is 82.3 Å². The second-order valence-corrected chi connectivity index (χ2v) is 8.33. The number of amides is 1. The summed E-state index contributed by atoms with van der Waals surface area (Å²) in [7, 11) is 0. The van der Waals surface area contributed by atoms with Gasteiger partial charge in [0.15, 0.2) is 5.58 Å². The lowest BCUT2D eigenvalue weighted by Gasteiger charge is -2.11. The number of carbonyl (C=O) groups excluding carboxylic acids is 1. The predicted molar refractivity (Wildman–Crippen MR) is 133 cm³/mol. The SMILES string of the molecule is Cc1ncc(CO)c2cc(C(=O)Nc3cccc4ccccc34)c(=Nc3ccc(F)c(Cl)c3)oc12. The van der Waals surface area contributed by atoms with Crippen molar-refractivity contribution < 1.29 is 18.7 Å². The minimum atomic E-state index is -0.581. The van der Waals surface area contributed by atoms with E-state index in [9.17, 15) is 14.3 Å². The molecule has 2 N–H and O–H groups in total. The predicted octanol–water partition coefficient (Wildman–Crippen LogP) is 6.06. The summed E-state index contributed by atoms with van der Waals surface area (Å²) < 4.78 is 19.7.